The van der Waals surface area contributed by atoms with Gasteiger partial charge in [-0.15, -0.1) is 0 Å². The minimum absolute atomic E-state index is 0.116. The lowest BCUT2D eigenvalue weighted by Crippen LogP contribution is -2.49. The highest BCUT2D eigenvalue weighted by molar-refractivity contribution is 5.84. The molecule has 1 heterocycles. The number of carboxylic acid groups (broad SMARTS) is 1. The SMILES string of the molecule is Cc1cccc(C)c1OCC(=O)N1CCCCC1C(=O)O. The van der Waals surface area contributed by atoms with Gasteiger partial charge in [-0.2, -0.15) is 0 Å². The van der Waals surface area contributed by atoms with E-state index in [-0.39, 0.29) is 12.5 Å². The van der Waals surface area contributed by atoms with E-state index in [0.29, 0.717) is 18.7 Å². The Balaban J connectivity index is 2.02. The lowest BCUT2D eigenvalue weighted by atomic mass is 10.0. The number of amides is 1. The van der Waals surface area contributed by atoms with Crippen molar-refractivity contribution in [2.24, 2.45) is 0 Å². The van der Waals surface area contributed by atoms with Crippen LogP contribution in [0.1, 0.15) is 30.4 Å². The third kappa shape index (κ3) is 3.54. The number of hydrogen-bond donors (Lipinski definition) is 1. The third-order valence-corrected chi connectivity index (χ3v) is 3.86. The van der Waals surface area contributed by atoms with Crippen molar-refractivity contribution in [3.8, 4) is 5.75 Å². The normalized spacial score (nSPS) is 18.4. The molecule has 0 bridgehead atoms. The number of carbonyl (C=O) groups is 2. The number of para-hydroxylation sites is 1. The first-order chi connectivity index (χ1) is 10.0. The molecule has 1 aliphatic rings. The van der Waals surface area contributed by atoms with Crippen LogP contribution >= 0.6 is 0 Å². The number of hydrogen-bond acceptors (Lipinski definition) is 3. The molecule has 1 unspecified atom stereocenters. The first-order valence-electron chi connectivity index (χ1n) is 7.22. The summed E-state index contributed by atoms with van der Waals surface area (Å²) in [6, 6.07) is 5.07. The largest absolute Gasteiger partial charge is 0.483 e. The fourth-order valence-corrected chi connectivity index (χ4v) is 2.73. The highest BCUT2D eigenvalue weighted by Gasteiger charge is 2.32. The second-order valence-electron chi connectivity index (χ2n) is 5.45. The summed E-state index contributed by atoms with van der Waals surface area (Å²) in [5.41, 5.74) is 1.94. The van der Waals surface area contributed by atoms with Crippen molar-refractivity contribution in [2.45, 2.75) is 39.2 Å². The Bertz CT molecular complexity index is 521. The number of carboxylic acids is 1. The molecule has 1 N–H and O–H groups in total. The lowest BCUT2D eigenvalue weighted by Gasteiger charge is -2.32. The number of benzene rings is 1. The Morgan fingerprint density at radius 1 is 1.29 bits per heavy atom. The molecular weight excluding hydrogens is 270 g/mol. The quantitative estimate of drug-likeness (QED) is 0.923. The summed E-state index contributed by atoms with van der Waals surface area (Å²) in [4.78, 5) is 24.9. The van der Waals surface area contributed by atoms with Gasteiger partial charge in [0.25, 0.3) is 5.91 Å². The van der Waals surface area contributed by atoms with Crippen LogP contribution in [0, 0.1) is 13.8 Å². The number of aryl methyl sites for hydroxylation is 2. The second kappa shape index (κ2) is 6.61. The average Bonchev–Trinajstić information content (AvgIpc) is 2.46. The molecule has 1 fully saturated rings. The van der Waals surface area contributed by atoms with E-state index in [2.05, 4.69) is 0 Å². The Hall–Kier alpha value is -2.04. The van der Waals surface area contributed by atoms with Crippen molar-refractivity contribution in [2.75, 3.05) is 13.2 Å². The van der Waals surface area contributed by atoms with Crippen LogP contribution in [0.25, 0.3) is 0 Å². The summed E-state index contributed by atoms with van der Waals surface area (Å²) < 4.78 is 5.63. The van der Waals surface area contributed by atoms with E-state index in [1.54, 1.807) is 0 Å². The van der Waals surface area contributed by atoms with Crippen molar-refractivity contribution in [3.63, 3.8) is 0 Å². The zero-order valence-electron chi connectivity index (χ0n) is 12.5. The van der Waals surface area contributed by atoms with Gasteiger partial charge in [-0.05, 0) is 44.2 Å². The zero-order chi connectivity index (χ0) is 15.4. The molecule has 0 spiro atoms. The number of likely N-dealkylation sites (tertiary alicyclic amines) is 1. The minimum Gasteiger partial charge on any atom is -0.483 e. The summed E-state index contributed by atoms with van der Waals surface area (Å²) in [5, 5.41) is 9.20. The second-order valence-corrected chi connectivity index (χ2v) is 5.45. The summed E-state index contributed by atoms with van der Waals surface area (Å²) in [7, 11) is 0. The Morgan fingerprint density at radius 2 is 1.95 bits per heavy atom. The molecule has 5 nitrogen and oxygen atoms in total. The number of ether oxygens (including phenoxy) is 1. The van der Waals surface area contributed by atoms with Crippen molar-refractivity contribution < 1.29 is 19.4 Å². The zero-order valence-corrected chi connectivity index (χ0v) is 12.5. The van der Waals surface area contributed by atoms with Gasteiger partial charge >= 0.3 is 5.97 Å². The van der Waals surface area contributed by atoms with Gasteiger partial charge in [0.2, 0.25) is 0 Å². The molecule has 114 valence electrons. The van der Waals surface area contributed by atoms with Crippen LogP contribution in [-0.4, -0.2) is 41.1 Å². The molecule has 0 aromatic heterocycles. The maximum Gasteiger partial charge on any atom is 0.326 e. The summed E-state index contributed by atoms with van der Waals surface area (Å²) >= 11 is 0. The molecular formula is C16H21NO4. The number of aliphatic carboxylic acids is 1. The lowest BCUT2D eigenvalue weighted by molar-refractivity contribution is -0.152. The predicted octanol–water partition coefficient (Wildman–Crippen LogP) is 2.15. The van der Waals surface area contributed by atoms with Crippen LogP contribution in [0.2, 0.25) is 0 Å². The molecule has 1 aromatic rings. The Labute approximate surface area is 124 Å². The van der Waals surface area contributed by atoms with E-state index < -0.39 is 12.0 Å². The van der Waals surface area contributed by atoms with E-state index in [1.807, 2.05) is 32.0 Å². The van der Waals surface area contributed by atoms with Crippen LogP contribution in [0.15, 0.2) is 18.2 Å². The first-order valence-corrected chi connectivity index (χ1v) is 7.22. The van der Waals surface area contributed by atoms with Crippen LogP contribution < -0.4 is 4.74 Å². The predicted molar refractivity (Wildman–Crippen MR) is 78.4 cm³/mol. The van der Waals surface area contributed by atoms with E-state index in [9.17, 15) is 14.7 Å². The van der Waals surface area contributed by atoms with E-state index in [1.165, 1.54) is 4.90 Å². The van der Waals surface area contributed by atoms with Crippen LogP contribution in [-0.2, 0) is 9.59 Å². The fraction of sp³-hybridized carbons (Fsp3) is 0.500. The number of nitrogens with zero attached hydrogens (tertiary/aromatic N) is 1. The van der Waals surface area contributed by atoms with Gasteiger partial charge in [0, 0.05) is 6.54 Å². The van der Waals surface area contributed by atoms with Gasteiger partial charge < -0.3 is 14.7 Å². The van der Waals surface area contributed by atoms with Crippen molar-refractivity contribution >= 4 is 11.9 Å². The van der Waals surface area contributed by atoms with Gasteiger partial charge in [-0.3, -0.25) is 4.79 Å². The van der Waals surface area contributed by atoms with Gasteiger partial charge in [-0.25, -0.2) is 4.79 Å². The van der Waals surface area contributed by atoms with Crippen molar-refractivity contribution in [1.29, 1.82) is 0 Å². The molecule has 0 aliphatic carbocycles. The molecule has 1 amide bonds. The van der Waals surface area contributed by atoms with Gasteiger partial charge in [-0.1, -0.05) is 18.2 Å². The minimum atomic E-state index is -0.935. The average molecular weight is 291 g/mol. The molecule has 1 aromatic carbocycles. The van der Waals surface area contributed by atoms with E-state index >= 15 is 0 Å². The van der Waals surface area contributed by atoms with Gasteiger partial charge in [0.05, 0.1) is 0 Å². The number of rotatable bonds is 4. The third-order valence-electron chi connectivity index (χ3n) is 3.86. The van der Waals surface area contributed by atoms with Crippen LogP contribution in [0.5, 0.6) is 5.75 Å². The molecule has 0 saturated carbocycles. The van der Waals surface area contributed by atoms with E-state index in [4.69, 9.17) is 4.74 Å². The number of piperidine rings is 1. The topological polar surface area (TPSA) is 66.8 Å². The fourth-order valence-electron chi connectivity index (χ4n) is 2.73. The maximum absolute atomic E-state index is 12.2. The molecule has 5 heteroatoms. The molecule has 21 heavy (non-hydrogen) atoms. The highest BCUT2D eigenvalue weighted by Crippen LogP contribution is 2.23. The van der Waals surface area contributed by atoms with Crippen LogP contribution in [0.3, 0.4) is 0 Å². The van der Waals surface area contributed by atoms with E-state index in [0.717, 1.165) is 24.0 Å². The Kier molecular flexibility index (Phi) is 4.83. The Morgan fingerprint density at radius 3 is 2.57 bits per heavy atom. The molecule has 1 atom stereocenters. The monoisotopic (exact) mass is 291 g/mol. The van der Waals surface area contributed by atoms with Crippen molar-refractivity contribution in [1.82, 2.24) is 4.90 Å². The maximum atomic E-state index is 12.2. The number of carbonyl (C=O) groups excluding carboxylic acids is 1. The molecule has 0 radical (unpaired) electrons. The summed E-state index contributed by atoms with van der Waals surface area (Å²) in [6.45, 7) is 4.23. The van der Waals surface area contributed by atoms with Crippen molar-refractivity contribution in [3.05, 3.63) is 29.3 Å². The smallest absolute Gasteiger partial charge is 0.326 e. The first kappa shape index (κ1) is 15.4. The summed E-state index contributed by atoms with van der Waals surface area (Å²) in [5.74, 6) is -0.491. The molecule has 1 saturated heterocycles. The van der Waals surface area contributed by atoms with Gasteiger partial charge in [0.15, 0.2) is 6.61 Å². The standard InChI is InChI=1S/C16H21NO4/c1-11-6-5-7-12(2)15(11)21-10-14(18)17-9-4-3-8-13(17)16(19)20/h5-7,13H,3-4,8-10H2,1-2H3,(H,19,20). The molecule has 1 aliphatic heterocycles. The van der Waals surface area contributed by atoms with Gasteiger partial charge in [0.1, 0.15) is 11.8 Å². The molecule has 2 rings (SSSR count). The highest BCUT2D eigenvalue weighted by atomic mass is 16.5. The summed E-state index contributed by atoms with van der Waals surface area (Å²) in [6.07, 6.45) is 2.21. The van der Waals surface area contributed by atoms with Crippen LogP contribution in [0.4, 0.5) is 0 Å².